The number of nitrogens with one attached hydrogen (secondary N) is 1. The number of nitrogens with zero attached hydrogens (tertiary/aromatic N) is 2. The summed E-state index contributed by atoms with van der Waals surface area (Å²) >= 11 is 0. The average molecular weight is 225 g/mol. The number of hydrogen-bond donors (Lipinski definition) is 1. The molecule has 3 heteroatoms. The third-order valence-corrected chi connectivity index (χ3v) is 3.86. The number of rotatable bonds is 1. The zero-order chi connectivity index (χ0) is 11.8. The molecule has 1 heterocycles. The van der Waals surface area contributed by atoms with Crippen LogP contribution >= 0.6 is 0 Å². The van der Waals surface area contributed by atoms with Crippen LogP contribution in [0.4, 0.5) is 0 Å². The third-order valence-electron chi connectivity index (χ3n) is 3.86. The maximum Gasteiger partial charge on any atom is 0.110 e. The van der Waals surface area contributed by atoms with Gasteiger partial charge in [-0.05, 0) is 30.9 Å². The monoisotopic (exact) mass is 225 g/mol. The molecule has 3 nitrogen and oxygen atoms in total. The molecule has 0 saturated heterocycles. The lowest BCUT2D eigenvalue weighted by atomic mass is 9.98. The normalized spacial score (nSPS) is 24.0. The van der Waals surface area contributed by atoms with E-state index in [1.807, 2.05) is 18.2 Å². The van der Waals surface area contributed by atoms with E-state index < -0.39 is 0 Å². The number of fused-ring (bicyclic) bond motifs is 1. The SMILES string of the molecule is CC1CCCC1c1nc2c(C#N)cccc2[nH]1. The van der Waals surface area contributed by atoms with Gasteiger partial charge in [-0.15, -0.1) is 0 Å². The van der Waals surface area contributed by atoms with E-state index in [0.29, 0.717) is 17.4 Å². The van der Waals surface area contributed by atoms with Crippen LogP contribution in [-0.4, -0.2) is 9.97 Å². The number of aromatic amines is 1. The molecule has 1 N–H and O–H groups in total. The number of aromatic nitrogens is 2. The maximum absolute atomic E-state index is 9.06. The quantitative estimate of drug-likeness (QED) is 0.809. The van der Waals surface area contributed by atoms with E-state index in [1.54, 1.807) is 0 Å². The Hall–Kier alpha value is -1.82. The standard InChI is InChI=1S/C14H15N3/c1-9-4-2-6-11(9)14-16-12-7-3-5-10(8-15)13(12)17-14/h3,5,7,9,11H,2,4,6H2,1H3,(H,16,17). The largest absolute Gasteiger partial charge is 0.342 e. The van der Waals surface area contributed by atoms with E-state index >= 15 is 0 Å². The number of H-pyrrole nitrogens is 1. The lowest BCUT2D eigenvalue weighted by Gasteiger charge is -2.11. The summed E-state index contributed by atoms with van der Waals surface area (Å²) in [6, 6.07) is 7.92. The molecule has 1 aromatic heterocycles. The summed E-state index contributed by atoms with van der Waals surface area (Å²) in [5.41, 5.74) is 2.47. The molecule has 17 heavy (non-hydrogen) atoms. The molecule has 1 aromatic carbocycles. The zero-order valence-electron chi connectivity index (χ0n) is 9.90. The van der Waals surface area contributed by atoms with Gasteiger partial charge in [0.1, 0.15) is 17.4 Å². The Morgan fingerprint density at radius 1 is 1.41 bits per heavy atom. The summed E-state index contributed by atoms with van der Waals surface area (Å²) < 4.78 is 0. The predicted octanol–water partition coefficient (Wildman–Crippen LogP) is 3.34. The molecular formula is C14H15N3. The minimum Gasteiger partial charge on any atom is -0.342 e. The molecule has 2 aromatic rings. The Kier molecular flexibility index (Phi) is 2.36. The van der Waals surface area contributed by atoms with Crippen LogP contribution in [-0.2, 0) is 0 Å². The molecule has 3 rings (SSSR count). The Bertz CT molecular complexity index is 591. The average Bonchev–Trinajstić information content (AvgIpc) is 2.93. The molecule has 1 saturated carbocycles. The highest BCUT2D eigenvalue weighted by atomic mass is 14.9. The van der Waals surface area contributed by atoms with Crippen molar-refractivity contribution in [1.82, 2.24) is 9.97 Å². The summed E-state index contributed by atoms with van der Waals surface area (Å²) in [6.07, 6.45) is 3.78. The molecule has 1 aliphatic carbocycles. The first kappa shape index (κ1) is 10.3. The molecule has 1 aliphatic rings. The highest BCUT2D eigenvalue weighted by molar-refractivity contribution is 5.81. The van der Waals surface area contributed by atoms with Gasteiger partial charge in [-0.3, -0.25) is 0 Å². The molecule has 0 bridgehead atoms. The number of para-hydroxylation sites is 1. The molecule has 0 amide bonds. The lowest BCUT2D eigenvalue weighted by Crippen LogP contribution is -2.03. The van der Waals surface area contributed by atoms with Crippen molar-refractivity contribution in [2.75, 3.05) is 0 Å². The minimum absolute atomic E-state index is 0.536. The summed E-state index contributed by atoms with van der Waals surface area (Å²) in [4.78, 5) is 8.02. The Morgan fingerprint density at radius 2 is 2.29 bits per heavy atom. The summed E-state index contributed by atoms with van der Waals surface area (Å²) in [6.45, 7) is 2.29. The summed E-state index contributed by atoms with van der Waals surface area (Å²) in [7, 11) is 0. The smallest absolute Gasteiger partial charge is 0.110 e. The molecule has 2 atom stereocenters. The number of nitriles is 1. The van der Waals surface area contributed by atoms with Crippen LogP contribution in [0.5, 0.6) is 0 Å². The van der Waals surface area contributed by atoms with Crippen molar-refractivity contribution in [3.05, 3.63) is 29.6 Å². The van der Waals surface area contributed by atoms with E-state index in [4.69, 9.17) is 5.26 Å². The molecule has 2 unspecified atom stereocenters. The van der Waals surface area contributed by atoms with Gasteiger partial charge in [0.25, 0.3) is 0 Å². The maximum atomic E-state index is 9.06. The summed E-state index contributed by atoms with van der Waals surface area (Å²) in [5.74, 6) is 2.29. The fourth-order valence-electron chi connectivity index (χ4n) is 2.87. The van der Waals surface area contributed by atoms with Crippen LogP contribution in [0.1, 0.15) is 43.5 Å². The second kappa shape index (κ2) is 3.89. The second-order valence-corrected chi connectivity index (χ2v) is 4.95. The topological polar surface area (TPSA) is 52.5 Å². The summed E-state index contributed by atoms with van der Waals surface area (Å²) in [5, 5.41) is 9.06. The highest BCUT2D eigenvalue weighted by Gasteiger charge is 2.27. The first-order valence-electron chi connectivity index (χ1n) is 6.18. The van der Waals surface area contributed by atoms with Crippen LogP contribution in [0, 0.1) is 17.2 Å². The van der Waals surface area contributed by atoms with Gasteiger partial charge in [0, 0.05) is 5.92 Å². The first-order valence-corrected chi connectivity index (χ1v) is 6.18. The van der Waals surface area contributed by atoms with E-state index in [1.165, 1.54) is 19.3 Å². The van der Waals surface area contributed by atoms with Crippen molar-refractivity contribution in [3.8, 4) is 6.07 Å². The molecule has 86 valence electrons. The van der Waals surface area contributed by atoms with Crippen LogP contribution in [0.15, 0.2) is 18.2 Å². The molecule has 0 radical (unpaired) electrons. The van der Waals surface area contributed by atoms with Gasteiger partial charge in [0.2, 0.25) is 0 Å². The van der Waals surface area contributed by atoms with Gasteiger partial charge in [0.05, 0.1) is 11.1 Å². The van der Waals surface area contributed by atoms with Gasteiger partial charge >= 0.3 is 0 Å². The third kappa shape index (κ3) is 1.61. The van der Waals surface area contributed by atoms with Crippen molar-refractivity contribution in [2.24, 2.45) is 5.92 Å². The van der Waals surface area contributed by atoms with E-state index in [2.05, 4.69) is 23.0 Å². The fourth-order valence-corrected chi connectivity index (χ4v) is 2.87. The Balaban J connectivity index is 2.11. The van der Waals surface area contributed by atoms with Gasteiger partial charge < -0.3 is 4.98 Å². The van der Waals surface area contributed by atoms with Gasteiger partial charge in [0.15, 0.2) is 0 Å². The number of imidazole rings is 1. The van der Waals surface area contributed by atoms with Crippen molar-refractivity contribution in [2.45, 2.75) is 32.1 Å². The van der Waals surface area contributed by atoms with Gasteiger partial charge in [-0.2, -0.15) is 5.26 Å². The number of benzene rings is 1. The minimum atomic E-state index is 0.536. The van der Waals surface area contributed by atoms with Gasteiger partial charge in [-0.25, -0.2) is 4.98 Å². The van der Waals surface area contributed by atoms with Crippen LogP contribution in [0.2, 0.25) is 0 Å². The molecule has 0 spiro atoms. The highest BCUT2D eigenvalue weighted by Crippen LogP contribution is 2.38. The first-order chi connectivity index (χ1) is 8.29. The fraction of sp³-hybridized carbons (Fsp3) is 0.429. The van der Waals surface area contributed by atoms with E-state index in [-0.39, 0.29) is 0 Å². The van der Waals surface area contributed by atoms with Gasteiger partial charge in [-0.1, -0.05) is 19.4 Å². The Morgan fingerprint density at radius 3 is 3.00 bits per heavy atom. The molecule has 1 fully saturated rings. The van der Waals surface area contributed by atoms with Crippen molar-refractivity contribution in [3.63, 3.8) is 0 Å². The van der Waals surface area contributed by atoms with Crippen LogP contribution in [0.3, 0.4) is 0 Å². The van der Waals surface area contributed by atoms with Crippen molar-refractivity contribution in [1.29, 1.82) is 5.26 Å². The zero-order valence-corrected chi connectivity index (χ0v) is 9.90. The van der Waals surface area contributed by atoms with E-state index in [0.717, 1.165) is 16.9 Å². The van der Waals surface area contributed by atoms with Crippen LogP contribution < -0.4 is 0 Å². The molecular weight excluding hydrogens is 210 g/mol. The second-order valence-electron chi connectivity index (χ2n) is 4.95. The molecule has 0 aliphatic heterocycles. The van der Waals surface area contributed by atoms with Crippen molar-refractivity contribution >= 4 is 11.0 Å². The van der Waals surface area contributed by atoms with E-state index in [9.17, 15) is 0 Å². The number of hydrogen-bond acceptors (Lipinski definition) is 2. The van der Waals surface area contributed by atoms with Crippen molar-refractivity contribution < 1.29 is 0 Å². The van der Waals surface area contributed by atoms with Crippen LogP contribution in [0.25, 0.3) is 11.0 Å². The Labute approximate surface area is 100 Å². The lowest BCUT2D eigenvalue weighted by molar-refractivity contribution is 0.514. The predicted molar refractivity (Wildman–Crippen MR) is 66.6 cm³/mol.